The average Bonchev–Trinajstić information content (AvgIpc) is 2.49. The molecule has 0 aromatic carbocycles. The molecule has 0 spiro atoms. The Morgan fingerprint density at radius 1 is 1.35 bits per heavy atom. The standard InChI is InChI=1S/C9H13F2NO4S/c10-9(11)16-6-4-12(5-6)8(13)7-2-1-3-17(7,14)15/h6-7,9H,1-5H2. The predicted molar refractivity (Wildman–Crippen MR) is 54.3 cm³/mol. The van der Waals surface area contributed by atoms with Crippen LogP contribution in [0.5, 0.6) is 0 Å². The van der Waals surface area contributed by atoms with Crippen LogP contribution in [0, 0.1) is 0 Å². The van der Waals surface area contributed by atoms with Crippen molar-refractivity contribution in [2.45, 2.75) is 30.8 Å². The van der Waals surface area contributed by atoms with Crippen LogP contribution in [0.1, 0.15) is 12.8 Å². The lowest BCUT2D eigenvalue weighted by atomic mass is 10.1. The molecule has 98 valence electrons. The smallest absolute Gasteiger partial charge is 0.336 e. The number of sulfone groups is 1. The fourth-order valence-electron chi connectivity index (χ4n) is 2.12. The zero-order chi connectivity index (χ0) is 12.6. The second-order valence-electron chi connectivity index (χ2n) is 4.26. The molecule has 0 N–H and O–H groups in total. The number of nitrogens with zero attached hydrogens (tertiary/aromatic N) is 1. The highest BCUT2D eigenvalue weighted by molar-refractivity contribution is 7.93. The molecule has 0 aromatic heterocycles. The quantitative estimate of drug-likeness (QED) is 0.724. The number of alkyl halides is 2. The van der Waals surface area contributed by atoms with Crippen molar-refractivity contribution in [3.63, 3.8) is 0 Å². The van der Waals surface area contributed by atoms with E-state index in [-0.39, 0.29) is 18.8 Å². The van der Waals surface area contributed by atoms with Crippen molar-refractivity contribution in [3.05, 3.63) is 0 Å². The van der Waals surface area contributed by atoms with Crippen LogP contribution >= 0.6 is 0 Å². The summed E-state index contributed by atoms with van der Waals surface area (Å²) < 4.78 is 50.9. The van der Waals surface area contributed by atoms with Gasteiger partial charge in [-0.15, -0.1) is 0 Å². The normalized spacial score (nSPS) is 28.4. The lowest BCUT2D eigenvalue weighted by Gasteiger charge is -2.39. The molecule has 2 fully saturated rings. The first kappa shape index (κ1) is 12.7. The number of likely N-dealkylation sites (tertiary alicyclic amines) is 1. The minimum absolute atomic E-state index is 0.0359. The first-order chi connectivity index (χ1) is 7.90. The molecule has 5 nitrogen and oxygen atoms in total. The maximum Gasteiger partial charge on any atom is 0.345 e. The highest BCUT2D eigenvalue weighted by Gasteiger charge is 2.43. The van der Waals surface area contributed by atoms with Crippen LogP contribution in [-0.4, -0.2) is 56.0 Å². The number of carbonyl (C=O) groups is 1. The van der Waals surface area contributed by atoms with Gasteiger partial charge in [0, 0.05) is 13.1 Å². The Bertz CT molecular complexity index is 405. The highest BCUT2D eigenvalue weighted by atomic mass is 32.2. The van der Waals surface area contributed by atoms with E-state index in [0.29, 0.717) is 12.8 Å². The number of hydrogen-bond donors (Lipinski definition) is 0. The van der Waals surface area contributed by atoms with Gasteiger partial charge in [-0.05, 0) is 12.8 Å². The summed E-state index contributed by atoms with van der Waals surface area (Å²) in [6.45, 7) is -2.75. The van der Waals surface area contributed by atoms with Crippen LogP contribution in [0.25, 0.3) is 0 Å². The van der Waals surface area contributed by atoms with E-state index in [0.717, 1.165) is 0 Å². The van der Waals surface area contributed by atoms with Gasteiger partial charge >= 0.3 is 6.61 Å². The van der Waals surface area contributed by atoms with Gasteiger partial charge in [0.05, 0.1) is 11.9 Å². The zero-order valence-electron chi connectivity index (χ0n) is 9.01. The van der Waals surface area contributed by atoms with Gasteiger partial charge in [-0.2, -0.15) is 8.78 Å². The highest BCUT2D eigenvalue weighted by Crippen LogP contribution is 2.25. The molecule has 2 aliphatic rings. The van der Waals surface area contributed by atoms with Gasteiger partial charge in [-0.3, -0.25) is 4.79 Å². The third kappa shape index (κ3) is 2.57. The van der Waals surface area contributed by atoms with Crippen LogP contribution in [-0.2, 0) is 19.4 Å². The van der Waals surface area contributed by atoms with Crippen LogP contribution in [0.4, 0.5) is 8.78 Å². The van der Waals surface area contributed by atoms with E-state index in [2.05, 4.69) is 4.74 Å². The van der Waals surface area contributed by atoms with E-state index in [1.165, 1.54) is 4.90 Å². The molecular weight excluding hydrogens is 256 g/mol. The van der Waals surface area contributed by atoms with Crippen molar-refractivity contribution >= 4 is 15.7 Å². The second kappa shape index (κ2) is 4.49. The fraction of sp³-hybridized carbons (Fsp3) is 0.889. The van der Waals surface area contributed by atoms with Crippen LogP contribution in [0.2, 0.25) is 0 Å². The number of hydrogen-bond acceptors (Lipinski definition) is 4. The average molecular weight is 269 g/mol. The number of halogens is 2. The van der Waals surface area contributed by atoms with Gasteiger partial charge in [-0.1, -0.05) is 0 Å². The van der Waals surface area contributed by atoms with E-state index < -0.39 is 33.7 Å². The van der Waals surface area contributed by atoms with Crippen LogP contribution in [0.15, 0.2) is 0 Å². The molecule has 1 amide bonds. The van der Waals surface area contributed by atoms with Gasteiger partial charge in [0.15, 0.2) is 9.84 Å². The molecule has 0 bridgehead atoms. The van der Waals surface area contributed by atoms with Crippen molar-refractivity contribution in [1.82, 2.24) is 4.90 Å². The van der Waals surface area contributed by atoms with Gasteiger partial charge in [0.25, 0.3) is 0 Å². The minimum atomic E-state index is -3.33. The SMILES string of the molecule is O=C(C1CCCS1(=O)=O)N1CC(OC(F)F)C1. The van der Waals surface area contributed by atoms with Crippen molar-refractivity contribution in [3.8, 4) is 0 Å². The van der Waals surface area contributed by atoms with E-state index in [4.69, 9.17) is 0 Å². The largest absolute Gasteiger partial charge is 0.345 e. The monoisotopic (exact) mass is 269 g/mol. The molecule has 2 rings (SSSR count). The minimum Gasteiger partial charge on any atom is -0.336 e. The van der Waals surface area contributed by atoms with Crippen LogP contribution in [0.3, 0.4) is 0 Å². The molecule has 2 saturated heterocycles. The van der Waals surface area contributed by atoms with E-state index in [1.54, 1.807) is 0 Å². The molecular formula is C9H13F2NO4S. The summed E-state index contributed by atoms with van der Waals surface area (Å²) in [5.41, 5.74) is 0. The summed E-state index contributed by atoms with van der Waals surface area (Å²) in [6, 6.07) is 0. The lowest BCUT2D eigenvalue weighted by molar-refractivity contribution is -0.198. The molecule has 0 aromatic rings. The first-order valence-electron chi connectivity index (χ1n) is 5.34. The number of carbonyl (C=O) groups excluding carboxylic acids is 1. The maximum atomic E-state index is 11.8. The number of amides is 1. The Hall–Kier alpha value is -0.760. The fourth-order valence-corrected chi connectivity index (χ4v) is 3.96. The van der Waals surface area contributed by atoms with E-state index >= 15 is 0 Å². The second-order valence-corrected chi connectivity index (χ2v) is 6.56. The molecule has 1 unspecified atom stereocenters. The molecule has 0 aliphatic carbocycles. The summed E-state index contributed by atoms with van der Waals surface area (Å²) in [6.07, 6.45) is 0.143. The van der Waals surface area contributed by atoms with Crippen LogP contribution < -0.4 is 0 Å². The summed E-state index contributed by atoms with van der Waals surface area (Å²) in [5, 5.41) is -0.977. The van der Waals surface area contributed by atoms with Gasteiger partial charge in [0.1, 0.15) is 5.25 Å². The molecule has 17 heavy (non-hydrogen) atoms. The Morgan fingerprint density at radius 3 is 2.47 bits per heavy atom. The van der Waals surface area contributed by atoms with Crippen molar-refractivity contribution in [1.29, 1.82) is 0 Å². The molecule has 0 saturated carbocycles. The summed E-state index contributed by atoms with van der Waals surface area (Å²) in [5.74, 6) is -0.439. The number of rotatable bonds is 3. The summed E-state index contributed by atoms with van der Waals surface area (Å²) in [4.78, 5) is 13.0. The predicted octanol–water partition coefficient (Wildman–Crippen LogP) is 0.0136. The summed E-state index contributed by atoms with van der Waals surface area (Å²) >= 11 is 0. The Morgan fingerprint density at radius 2 is 2.00 bits per heavy atom. The van der Waals surface area contributed by atoms with Gasteiger partial charge < -0.3 is 9.64 Å². The van der Waals surface area contributed by atoms with Crippen molar-refractivity contribution < 1.29 is 26.7 Å². The Kier molecular flexibility index (Phi) is 3.35. The van der Waals surface area contributed by atoms with E-state index in [9.17, 15) is 22.0 Å². The molecule has 2 heterocycles. The van der Waals surface area contributed by atoms with Crippen molar-refractivity contribution in [2.24, 2.45) is 0 Å². The Balaban J connectivity index is 1.87. The third-order valence-corrected chi connectivity index (χ3v) is 5.22. The molecule has 8 heteroatoms. The van der Waals surface area contributed by atoms with Gasteiger partial charge in [0.2, 0.25) is 5.91 Å². The maximum absolute atomic E-state index is 11.8. The molecule has 0 radical (unpaired) electrons. The molecule has 1 atom stereocenters. The first-order valence-corrected chi connectivity index (χ1v) is 7.05. The van der Waals surface area contributed by atoms with E-state index in [1.807, 2.05) is 0 Å². The molecule has 2 aliphatic heterocycles. The van der Waals surface area contributed by atoms with Crippen molar-refractivity contribution in [2.75, 3.05) is 18.8 Å². The third-order valence-electron chi connectivity index (χ3n) is 3.06. The lowest BCUT2D eigenvalue weighted by Crippen LogP contribution is -2.58. The summed E-state index contributed by atoms with van der Waals surface area (Å²) in [7, 11) is -3.33. The number of ether oxygens (including phenoxy) is 1. The zero-order valence-corrected chi connectivity index (χ0v) is 9.83. The topological polar surface area (TPSA) is 63.7 Å². The van der Waals surface area contributed by atoms with Gasteiger partial charge in [-0.25, -0.2) is 8.42 Å². The Labute approximate surface area is 97.6 Å².